The van der Waals surface area contributed by atoms with E-state index in [1.54, 1.807) is 24.3 Å². The van der Waals surface area contributed by atoms with E-state index >= 15 is 0 Å². The normalized spacial score (nSPS) is 9.80. The molecule has 0 radical (unpaired) electrons. The Hall–Kier alpha value is -3.00. The molecular formula is C15H13N3O2. The van der Waals surface area contributed by atoms with Crippen molar-refractivity contribution in [3.05, 3.63) is 53.1 Å². The molecule has 0 atom stereocenters. The van der Waals surface area contributed by atoms with Crippen LogP contribution in [0.2, 0.25) is 0 Å². The molecule has 0 fully saturated rings. The highest BCUT2D eigenvalue weighted by molar-refractivity contribution is 5.93. The molecule has 2 aromatic carbocycles. The molecule has 2 aromatic rings. The Morgan fingerprint density at radius 2 is 1.95 bits per heavy atom. The van der Waals surface area contributed by atoms with Crippen molar-refractivity contribution in [3.63, 3.8) is 0 Å². The van der Waals surface area contributed by atoms with Crippen LogP contribution in [0.1, 0.15) is 21.5 Å². The maximum absolute atomic E-state index is 11.2. The lowest BCUT2D eigenvalue weighted by molar-refractivity contribution is 0.1000. The second kappa shape index (κ2) is 5.33. The number of nitrogens with two attached hydrogens (primary N) is 2. The summed E-state index contributed by atoms with van der Waals surface area (Å²) in [6, 6.07) is 11.7. The fraction of sp³-hybridized carbons (Fsp3) is 0.0667. The van der Waals surface area contributed by atoms with Crippen LogP contribution in [0.3, 0.4) is 0 Å². The number of anilines is 1. The summed E-state index contributed by atoms with van der Waals surface area (Å²) in [7, 11) is 0. The van der Waals surface area contributed by atoms with Crippen molar-refractivity contribution in [1.82, 2.24) is 0 Å². The third kappa shape index (κ3) is 2.70. The molecule has 0 aliphatic carbocycles. The second-order valence-electron chi connectivity index (χ2n) is 4.31. The maximum atomic E-state index is 11.2. The molecule has 100 valence electrons. The molecule has 0 aliphatic rings. The van der Waals surface area contributed by atoms with Crippen molar-refractivity contribution in [2.45, 2.75) is 6.92 Å². The topological polar surface area (TPSA) is 102 Å². The quantitative estimate of drug-likeness (QED) is 0.833. The Bertz CT molecular complexity index is 718. The highest BCUT2D eigenvalue weighted by Crippen LogP contribution is 2.31. The molecule has 0 aliphatic heterocycles. The van der Waals surface area contributed by atoms with Gasteiger partial charge in [-0.15, -0.1) is 0 Å². The predicted molar refractivity (Wildman–Crippen MR) is 75.3 cm³/mol. The van der Waals surface area contributed by atoms with Gasteiger partial charge in [0.2, 0.25) is 5.91 Å². The van der Waals surface area contributed by atoms with Gasteiger partial charge in [-0.2, -0.15) is 5.26 Å². The van der Waals surface area contributed by atoms with Crippen LogP contribution in [0.5, 0.6) is 11.5 Å². The first kappa shape index (κ1) is 13.4. The summed E-state index contributed by atoms with van der Waals surface area (Å²) in [5.41, 5.74) is 13.1. The SMILES string of the molecule is Cc1ccc(C#N)cc1Oc1cc(C(N)=O)ccc1N. The number of rotatable bonds is 3. The van der Waals surface area contributed by atoms with E-state index in [0.717, 1.165) is 5.56 Å². The number of nitrogens with zero attached hydrogens (tertiary/aromatic N) is 1. The molecule has 0 aromatic heterocycles. The summed E-state index contributed by atoms with van der Waals surface area (Å²) in [5.74, 6) is 0.286. The van der Waals surface area contributed by atoms with Gasteiger partial charge in [0.25, 0.3) is 0 Å². The number of aryl methyl sites for hydroxylation is 1. The monoisotopic (exact) mass is 267 g/mol. The van der Waals surface area contributed by atoms with Crippen LogP contribution < -0.4 is 16.2 Å². The Labute approximate surface area is 116 Å². The van der Waals surface area contributed by atoms with E-state index in [0.29, 0.717) is 28.3 Å². The molecule has 4 N–H and O–H groups in total. The van der Waals surface area contributed by atoms with Gasteiger partial charge in [0.1, 0.15) is 5.75 Å². The van der Waals surface area contributed by atoms with Crippen LogP contribution in [0, 0.1) is 18.3 Å². The van der Waals surface area contributed by atoms with Crippen molar-refractivity contribution in [2.75, 3.05) is 5.73 Å². The van der Waals surface area contributed by atoms with Crippen LogP contribution in [0.4, 0.5) is 5.69 Å². The minimum atomic E-state index is -0.558. The molecule has 5 nitrogen and oxygen atoms in total. The standard InChI is InChI=1S/C15H13N3O2/c1-9-2-3-10(8-16)6-13(9)20-14-7-11(15(18)19)4-5-12(14)17/h2-7H,17H2,1H3,(H2,18,19). The fourth-order valence-corrected chi connectivity index (χ4v) is 1.67. The van der Waals surface area contributed by atoms with Crippen molar-refractivity contribution in [2.24, 2.45) is 5.73 Å². The largest absolute Gasteiger partial charge is 0.455 e. The van der Waals surface area contributed by atoms with Gasteiger partial charge in [0.05, 0.1) is 17.3 Å². The van der Waals surface area contributed by atoms with E-state index in [1.807, 2.05) is 13.0 Å². The molecule has 20 heavy (non-hydrogen) atoms. The van der Waals surface area contributed by atoms with Gasteiger partial charge in [-0.1, -0.05) is 6.07 Å². The number of nitrogen functional groups attached to an aromatic ring is 1. The minimum absolute atomic E-state index is 0.309. The highest BCUT2D eigenvalue weighted by Gasteiger charge is 2.09. The molecule has 2 rings (SSSR count). The van der Waals surface area contributed by atoms with Crippen LogP contribution >= 0.6 is 0 Å². The zero-order chi connectivity index (χ0) is 14.7. The van der Waals surface area contributed by atoms with Crippen LogP contribution in [0.25, 0.3) is 0 Å². The Kier molecular flexibility index (Phi) is 3.58. The average molecular weight is 267 g/mol. The number of carbonyl (C=O) groups excluding carboxylic acids is 1. The van der Waals surface area contributed by atoms with Gasteiger partial charge >= 0.3 is 0 Å². The number of hydrogen-bond acceptors (Lipinski definition) is 4. The first-order valence-electron chi connectivity index (χ1n) is 5.89. The van der Waals surface area contributed by atoms with E-state index in [4.69, 9.17) is 21.5 Å². The summed E-state index contributed by atoms with van der Waals surface area (Å²) >= 11 is 0. The lowest BCUT2D eigenvalue weighted by Crippen LogP contribution is -2.11. The van der Waals surface area contributed by atoms with Crippen LogP contribution in [-0.4, -0.2) is 5.91 Å². The number of benzene rings is 2. The van der Waals surface area contributed by atoms with Gasteiger partial charge in [0, 0.05) is 5.56 Å². The van der Waals surface area contributed by atoms with E-state index in [2.05, 4.69) is 0 Å². The summed E-state index contributed by atoms with van der Waals surface area (Å²) in [6.45, 7) is 1.85. The van der Waals surface area contributed by atoms with Crippen LogP contribution in [0.15, 0.2) is 36.4 Å². The number of carbonyl (C=O) groups is 1. The average Bonchev–Trinajstić information content (AvgIpc) is 2.43. The molecule has 1 amide bonds. The van der Waals surface area contributed by atoms with Crippen molar-refractivity contribution < 1.29 is 9.53 Å². The highest BCUT2D eigenvalue weighted by atomic mass is 16.5. The van der Waals surface area contributed by atoms with Gasteiger partial charge in [-0.3, -0.25) is 4.79 Å². The molecule has 0 bridgehead atoms. The Balaban J connectivity index is 2.42. The second-order valence-corrected chi connectivity index (χ2v) is 4.31. The summed E-state index contributed by atoms with van der Waals surface area (Å²) in [5, 5.41) is 8.90. The minimum Gasteiger partial charge on any atom is -0.455 e. The zero-order valence-electron chi connectivity index (χ0n) is 10.9. The lowest BCUT2D eigenvalue weighted by atomic mass is 10.1. The maximum Gasteiger partial charge on any atom is 0.248 e. The first-order chi connectivity index (χ1) is 9.51. The third-order valence-electron chi connectivity index (χ3n) is 2.84. The van der Waals surface area contributed by atoms with E-state index in [-0.39, 0.29) is 0 Å². The summed E-state index contributed by atoms with van der Waals surface area (Å²) < 4.78 is 5.69. The van der Waals surface area contributed by atoms with Gasteiger partial charge in [-0.05, 0) is 42.8 Å². The third-order valence-corrected chi connectivity index (χ3v) is 2.84. The first-order valence-corrected chi connectivity index (χ1v) is 5.89. The molecule has 5 heteroatoms. The Morgan fingerprint density at radius 1 is 1.20 bits per heavy atom. The number of nitriles is 1. The van der Waals surface area contributed by atoms with Crippen molar-refractivity contribution in [3.8, 4) is 17.6 Å². The zero-order valence-corrected chi connectivity index (χ0v) is 10.9. The Morgan fingerprint density at radius 3 is 2.60 bits per heavy atom. The predicted octanol–water partition coefficient (Wildman–Crippen LogP) is 2.34. The van der Waals surface area contributed by atoms with E-state index in [1.165, 1.54) is 12.1 Å². The molecular weight excluding hydrogens is 254 g/mol. The molecule has 0 saturated carbocycles. The summed E-state index contributed by atoms with van der Waals surface area (Å²) in [4.78, 5) is 11.2. The van der Waals surface area contributed by atoms with Gasteiger partial charge in [0.15, 0.2) is 5.75 Å². The molecule has 0 spiro atoms. The number of ether oxygens (including phenoxy) is 1. The summed E-state index contributed by atoms with van der Waals surface area (Å²) in [6.07, 6.45) is 0. The number of hydrogen-bond donors (Lipinski definition) is 2. The number of amides is 1. The van der Waals surface area contributed by atoms with Crippen molar-refractivity contribution >= 4 is 11.6 Å². The molecule has 0 saturated heterocycles. The smallest absolute Gasteiger partial charge is 0.248 e. The fourth-order valence-electron chi connectivity index (χ4n) is 1.67. The lowest BCUT2D eigenvalue weighted by Gasteiger charge is -2.11. The van der Waals surface area contributed by atoms with Gasteiger partial charge in [-0.25, -0.2) is 0 Å². The van der Waals surface area contributed by atoms with E-state index < -0.39 is 5.91 Å². The van der Waals surface area contributed by atoms with Gasteiger partial charge < -0.3 is 16.2 Å². The molecule has 0 unspecified atom stereocenters. The number of primary amides is 1. The molecule has 0 heterocycles. The van der Waals surface area contributed by atoms with Crippen molar-refractivity contribution in [1.29, 1.82) is 5.26 Å². The van der Waals surface area contributed by atoms with E-state index in [9.17, 15) is 4.79 Å². The van der Waals surface area contributed by atoms with Crippen LogP contribution in [-0.2, 0) is 0 Å².